The number of aromatic nitrogens is 2. The Morgan fingerprint density at radius 1 is 0.548 bits per heavy atom. The van der Waals surface area contributed by atoms with E-state index in [2.05, 4.69) is 46.4 Å². The molecule has 5 aromatic heterocycles. The second-order valence-corrected chi connectivity index (χ2v) is 8.65. The van der Waals surface area contributed by atoms with Crippen molar-refractivity contribution in [1.29, 1.82) is 0 Å². The smallest absolute Gasteiger partial charge is 0.136 e. The van der Waals surface area contributed by atoms with Crippen LogP contribution in [0.25, 0.3) is 64.8 Å². The molecular weight excluding hydrogens is 404 g/mol. The lowest BCUT2D eigenvalue weighted by Gasteiger charge is -1.93. The number of hydrogen-bond donors (Lipinski definition) is 0. The minimum absolute atomic E-state index is 0.860. The Balaban J connectivity index is 1.42. The van der Waals surface area contributed by atoms with Gasteiger partial charge in [0, 0.05) is 66.9 Å². The highest BCUT2D eigenvalue weighted by molar-refractivity contribution is 7.26. The first-order valence-corrected chi connectivity index (χ1v) is 10.8. The van der Waals surface area contributed by atoms with Crippen LogP contribution in [0.1, 0.15) is 0 Å². The van der Waals surface area contributed by atoms with E-state index in [0.29, 0.717) is 0 Å². The van der Waals surface area contributed by atoms with Gasteiger partial charge in [-0.1, -0.05) is 0 Å². The maximum Gasteiger partial charge on any atom is 0.136 e. The second-order valence-electron chi connectivity index (χ2n) is 7.57. The van der Waals surface area contributed by atoms with Crippen LogP contribution in [0.2, 0.25) is 0 Å². The van der Waals surface area contributed by atoms with E-state index < -0.39 is 0 Å². The zero-order valence-electron chi connectivity index (χ0n) is 16.2. The van der Waals surface area contributed by atoms with Gasteiger partial charge in [-0.2, -0.15) is 0 Å². The summed E-state index contributed by atoms with van der Waals surface area (Å²) in [5.74, 6) is 1.72. The van der Waals surface area contributed by atoms with E-state index >= 15 is 0 Å². The topological polar surface area (TPSA) is 52.1 Å². The molecule has 0 fully saturated rings. The molecule has 0 spiro atoms. The highest BCUT2D eigenvalue weighted by Crippen LogP contribution is 2.41. The predicted molar refractivity (Wildman–Crippen MR) is 125 cm³/mol. The molecule has 0 aliphatic carbocycles. The van der Waals surface area contributed by atoms with Crippen molar-refractivity contribution in [3.05, 3.63) is 85.5 Å². The van der Waals surface area contributed by atoms with Crippen molar-refractivity contribution in [1.82, 2.24) is 9.97 Å². The van der Waals surface area contributed by atoms with Gasteiger partial charge in [0.25, 0.3) is 0 Å². The van der Waals surface area contributed by atoms with Crippen LogP contribution in [-0.2, 0) is 0 Å². The van der Waals surface area contributed by atoms with E-state index in [4.69, 9.17) is 8.83 Å². The fourth-order valence-corrected chi connectivity index (χ4v) is 5.29. The Bertz CT molecular complexity index is 1600. The summed E-state index contributed by atoms with van der Waals surface area (Å²) in [5.41, 5.74) is 3.86. The fraction of sp³-hybridized carbons (Fsp3) is 0. The molecule has 31 heavy (non-hydrogen) atoms. The molecule has 0 saturated heterocycles. The quantitative estimate of drug-likeness (QED) is 0.289. The third-order valence-corrected chi connectivity index (χ3v) is 6.79. The maximum atomic E-state index is 6.14. The summed E-state index contributed by atoms with van der Waals surface area (Å²) in [6.45, 7) is 0. The van der Waals surface area contributed by atoms with Gasteiger partial charge in [-0.05, 0) is 60.7 Å². The lowest BCUT2D eigenvalue weighted by atomic mass is 10.1. The van der Waals surface area contributed by atoms with E-state index in [1.165, 1.54) is 20.2 Å². The average molecular weight is 418 g/mol. The first kappa shape index (κ1) is 16.8. The van der Waals surface area contributed by atoms with Crippen molar-refractivity contribution >= 4 is 53.4 Å². The SMILES string of the molecule is c1cc(-c2cc3cc4c(cc3o2)sc2cc3oc(-c5ccncc5)cc3cc24)ccn1. The van der Waals surface area contributed by atoms with Gasteiger partial charge < -0.3 is 8.83 Å². The Kier molecular flexibility index (Phi) is 3.40. The summed E-state index contributed by atoms with van der Waals surface area (Å²) in [4.78, 5) is 8.18. The number of nitrogens with zero attached hydrogens (tertiary/aromatic N) is 2. The minimum atomic E-state index is 0.860. The van der Waals surface area contributed by atoms with E-state index in [-0.39, 0.29) is 0 Å². The zero-order chi connectivity index (χ0) is 20.4. The van der Waals surface area contributed by atoms with Gasteiger partial charge in [0.15, 0.2) is 0 Å². The molecule has 5 heteroatoms. The van der Waals surface area contributed by atoms with Crippen LogP contribution in [0.3, 0.4) is 0 Å². The van der Waals surface area contributed by atoms with Gasteiger partial charge in [0.05, 0.1) is 0 Å². The molecule has 0 radical (unpaired) electrons. The minimum Gasteiger partial charge on any atom is -0.456 e. The third kappa shape index (κ3) is 2.60. The number of furan rings is 2. The summed E-state index contributed by atoms with van der Waals surface area (Å²) in [6, 6.07) is 20.8. The van der Waals surface area contributed by atoms with Crippen molar-refractivity contribution in [3.8, 4) is 22.6 Å². The average Bonchev–Trinajstić information content (AvgIpc) is 3.51. The van der Waals surface area contributed by atoms with Crippen LogP contribution in [-0.4, -0.2) is 9.97 Å². The van der Waals surface area contributed by atoms with Crippen molar-refractivity contribution in [3.63, 3.8) is 0 Å². The van der Waals surface area contributed by atoms with Gasteiger partial charge in [0.2, 0.25) is 0 Å². The van der Waals surface area contributed by atoms with Gasteiger partial charge in [-0.3, -0.25) is 9.97 Å². The van der Waals surface area contributed by atoms with Gasteiger partial charge >= 0.3 is 0 Å². The molecule has 0 saturated carbocycles. The lowest BCUT2D eigenvalue weighted by Crippen LogP contribution is -1.72. The molecule has 146 valence electrons. The van der Waals surface area contributed by atoms with E-state index in [1.807, 2.05) is 24.3 Å². The predicted octanol–water partition coefficient (Wildman–Crippen LogP) is 7.67. The largest absolute Gasteiger partial charge is 0.456 e. The molecule has 0 bridgehead atoms. The van der Waals surface area contributed by atoms with Crippen molar-refractivity contribution in [2.75, 3.05) is 0 Å². The summed E-state index contributed by atoms with van der Waals surface area (Å²) in [7, 11) is 0. The summed E-state index contributed by atoms with van der Waals surface area (Å²) in [6.07, 6.45) is 7.13. The number of hydrogen-bond acceptors (Lipinski definition) is 5. The summed E-state index contributed by atoms with van der Waals surface area (Å²) in [5, 5.41) is 4.68. The number of pyridine rings is 2. The maximum absolute atomic E-state index is 6.14. The standard InChI is InChI=1S/C26H14N2O2S/c1-5-27-6-2-15(1)21-11-17-9-19-20-10-18-12-22(16-3-7-28-8-4-16)30-24(18)14-26(20)31-25(19)13-23(17)29-21/h1-14H. The number of rotatable bonds is 2. The molecule has 2 aromatic carbocycles. The second kappa shape index (κ2) is 6.27. The first-order valence-electron chi connectivity index (χ1n) is 9.96. The van der Waals surface area contributed by atoms with Crippen molar-refractivity contribution in [2.24, 2.45) is 0 Å². The van der Waals surface area contributed by atoms with Crippen molar-refractivity contribution < 1.29 is 8.83 Å². The highest BCUT2D eigenvalue weighted by Gasteiger charge is 2.14. The van der Waals surface area contributed by atoms with E-state index in [0.717, 1.165) is 44.6 Å². The van der Waals surface area contributed by atoms with Crippen LogP contribution in [0.15, 0.2) is 94.3 Å². The molecule has 0 N–H and O–H groups in total. The van der Waals surface area contributed by atoms with Gasteiger partial charge in [0.1, 0.15) is 22.7 Å². The molecule has 0 atom stereocenters. The normalized spacial score (nSPS) is 11.9. The zero-order valence-corrected chi connectivity index (χ0v) is 17.0. The lowest BCUT2D eigenvalue weighted by molar-refractivity contribution is 0.631. The molecule has 0 unspecified atom stereocenters. The Morgan fingerprint density at radius 2 is 1.00 bits per heavy atom. The van der Waals surface area contributed by atoms with Gasteiger partial charge in [-0.25, -0.2) is 0 Å². The molecule has 7 rings (SSSR count). The molecule has 7 aromatic rings. The van der Waals surface area contributed by atoms with Crippen LogP contribution in [0.5, 0.6) is 0 Å². The monoisotopic (exact) mass is 418 g/mol. The molecule has 4 nitrogen and oxygen atoms in total. The Labute approximate surface area is 180 Å². The van der Waals surface area contributed by atoms with Crippen LogP contribution in [0.4, 0.5) is 0 Å². The molecule has 0 aliphatic heterocycles. The number of fused-ring (bicyclic) bond motifs is 5. The fourth-order valence-electron chi connectivity index (χ4n) is 4.16. The van der Waals surface area contributed by atoms with Crippen LogP contribution < -0.4 is 0 Å². The number of benzene rings is 2. The Morgan fingerprint density at radius 3 is 1.45 bits per heavy atom. The van der Waals surface area contributed by atoms with E-state index in [9.17, 15) is 0 Å². The molecular formula is C26H14N2O2S. The molecule has 0 aliphatic rings. The highest BCUT2D eigenvalue weighted by atomic mass is 32.1. The Hall–Kier alpha value is -3.96. The van der Waals surface area contributed by atoms with Crippen LogP contribution in [0, 0.1) is 0 Å². The third-order valence-electron chi connectivity index (χ3n) is 5.68. The summed E-state index contributed by atoms with van der Waals surface area (Å²) < 4.78 is 14.7. The van der Waals surface area contributed by atoms with Crippen LogP contribution >= 0.6 is 11.3 Å². The molecule has 5 heterocycles. The molecule has 0 amide bonds. The first-order chi connectivity index (χ1) is 15.3. The number of thiophene rings is 1. The van der Waals surface area contributed by atoms with Crippen molar-refractivity contribution in [2.45, 2.75) is 0 Å². The summed E-state index contributed by atoms with van der Waals surface area (Å²) >= 11 is 1.76. The van der Waals surface area contributed by atoms with E-state index in [1.54, 1.807) is 36.1 Å². The van der Waals surface area contributed by atoms with Gasteiger partial charge in [-0.15, -0.1) is 11.3 Å².